The second-order valence-corrected chi connectivity index (χ2v) is 9.29. The van der Waals surface area contributed by atoms with Crippen molar-refractivity contribution in [3.05, 3.63) is 58.7 Å². The molecule has 0 aliphatic heterocycles. The molecule has 31 heavy (non-hydrogen) atoms. The Bertz CT molecular complexity index is 981. The monoisotopic (exact) mass is 418 g/mol. The van der Waals surface area contributed by atoms with E-state index in [4.69, 9.17) is 9.98 Å². The smallest absolute Gasteiger partial charge is 0.124 e. The minimum atomic E-state index is -0.189. The van der Waals surface area contributed by atoms with Gasteiger partial charge in [0.25, 0.3) is 0 Å². The fraction of sp³-hybridized carbons (Fsp3) is 0.481. The zero-order valence-electron chi connectivity index (χ0n) is 18.7. The van der Waals surface area contributed by atoms with Crippen molar-refractivity contribution in [2.24, 2.45) is 15.9 Å². The maximum absolute atomic E-state index is 10.3. The summed E-state index contributed by atoms with van der Waals surface area (Å²) in [7, 11) is 0. The van der Waals surface area contributed by atoms with Gasteiger partial charge >= 0.3 is 0 Å². The Morgan fingerprint density at radius 2 is 1.55 bits per heavy atom. The van der Waals surface area contributed by atoms with E-state index < -0.39 is 0 Å². The zero-order valence-corrected chi connectivity index (χ0v) is 18.7. The van der Waals surface area contributed by atoms with Gasteiger partial charge in [-0.2, -0.15) is 0 Å². The van der Waals surface area contributed by atoms with Gasteiger partial charge in [-0.05, 0) is 79.8 Å². The number of benzene rings is 2. The van der Waals surface area contributed by atoms with Gasteiger partial charge in [-0.25, -0.2) is 0 Å². The number of aryl methyl sites for hydroxylation is 2. The van der Waals surface area contributed by atoms with Crippen LogP contribution in [0.1, 0.15) is 74.6 Å². The summed E-state index contributed by atoms with van der Waals surface area (Å²) in [5.74, 6) is 1.23. The van der Waals surface area contributed by atoms with Crippen LogP contribution in [0.15, 0.2) is 46.4 Å². The van der Waals surface area contributed by atoms with Gasteiger partial charge in [0.15, 0.2) is 0 Å². The highest BCUT2D eigenvalue weighted by molar-refractivity contribution is 5.85. The maximum Gasteiger partial charge on any atom is 0.124 e. The fourth-order valence-electron chi connectivity index (χ4n) is 5.27. The molecule has 0 saturated heterocycles. The molecule has 2 aromatic rings. The van der Waals surface area contributed by atoms with Gasteiger partial charge in [-0.1, -0.05) is 38.8 Å². The topological polar surface area (TPSA) is 65.2 Å². The van der Waals surface area contributed by atoms with Crippen molar-refractivity contribution in [2.45, 2.75) is 76.8 Å². The van der Waals surface area contributed by atoms with Crippen LogP contribution in [-0.2, 0) is 12.8 Å². The van der Waals surface area contributed by atoms with E-state index in [-0.39, 0.29) is 23.1 Å². The lowest BCUT2D eigenvalue weighted by molar-refractivity contribution is 0.367. The third-order valence-electron chi connectivity index (χ3n) is 6.92. The predicted octanol–water partition coefficient (Wildman–Crippen LogP) is 5.85. The molecule has 2 bridgehead atoms. The first kappa shape index (κ1) is 21.6. The van der Waals surface area contributed by atoms with Crippen LogP contribution in [0, 0.1) is 5.92 Å². The third-order valence-corrected chi connectivity index (χ3v) is 6.92. The second-order valence-electron chi connectivity index (χ2n) is 9.29. The lowest BCUT2D eigenvalue weighted by Gasteiger charge is -2.28. The minimum absolute atomic E-state index is 0.123. The molecule has 2 saturated carbocycles. The number of phenolic OH excluding ortho intramolecular Hbond substituents is 2. The number of fused-ring (bicyclic) bond motifs is 2. The Labute approximate surface area is 185 Å². The van der Waals surface area contributed by atoms with E-state index in [1.165, 1.54) is 17.5 Å². The molecule has 2 aliphatic rings. The number of nitrogens with zero attached hydrogens (tertiary/aromatic N) is 2. The molecule has 0 radical (unpaired) electrons. The summed E-state index contributed by atoms with van der Waals surface area (Å²) < 4.78 is 0. The highest BCUT2D eigenvalue weighted by atomic mass is 16.3. The van der Waals surface area contributed by atoms with E-state index in [1.54, 1.807) is 12.1 Å². The number of aromatic hydroxyl groups is 2. The Balaban J connectivity index is 1.57. The molecule has 2 aromatic carbocycles. The molecule has 0 heterocycles. The first-order valence-corrected chi connectivity index (χ1v) is 11.7. The molecule has 4 nitrogen and oxygen atoms in total. The molecule has 2 N–H and O–H groups in total. The van der Waals surface area contributed by atoms with Crippen molar-refractivity contribution in [1.29, 1.82) is 0 Å². The van der Waals surface area contributed by atoms with E-state index in [1.807, 2.05) is 30.6 Å². The lowest BCUT2D eigenvalue weighted by atomic mass is 9.89. The standard InChI is InChI=1S/C27H34N2O2/c1-3-5-19-7-9-24(30)22(13-19)17-28-26-15-21-11-12-27(26,16-21)29-18-23-14-20(6-4-2)8-10-25(23)31/h7-10,13-14,17-18,21,26,30-31H,3-6,11-12,15-16H2,1-2H3. The first-order chi connectivity index (χ1) is 15.0. The molecule has 0 amide bonds. The van der Waals surface area contributed by atoms with Crippen LogP contribution in [-0.4, -0.2) is 34.2 Å². The third kappa shape index (κ3) is 4.68. The molecular weight excluding hydrogens is 384 g/mol. The Morgan fingerprint density at radius 1 is 0.935 bits per heavy atom. The molecule has 4 rings (SSSR count). The number of hydrogen-bond acceptors (Lipinski definition) is 4. The molecule has 3 unspecified atom stereocenters. The number of aliphatic imine (C=N–C) groups is 2. The summed E-state index contributed by atoms with van der Waals surface area (Å²) in [4.78, 5) is 9.98. The Hall–Kier alpha value is -2.62. The van der Waals surface area contributed by atoms with E-state index in [9.17, 15) is 10.2 Å². The first-order valence-electron chi connectivity index (χ1n) is 11.7. The van der Waals surface area contributed by atoms with Crippen LogP contribution >= 0.6 is 0 Å². The largest absolute Gasteiger partial charge is 0.507 e. The Morgan fingerprint density at radius 3 is 2.13 bits per heavy atom. The van der Waals surface area contributed by atoms with Crippen molar-refractivity contribution in [3.63, 3.8) is 0 Å². The van der Waals surface area contributed by atoms with Gasteiger partial charge in [-0.3, -0.25) is 9.98 Å². The number of hydrogen-bond donors (Lipinski definition) is 2. The average molecular weight is 419 g/mol. The summed E-state index contributed by atoms with van der Waals surface area (Å²) in [5.41, 5.74) is 3.85. The zero-order chi connectivity index (χ0) is 21.8. The molecule has 3 atom stereocenters. The summed E-state index contributed by atoms with van der Waals surface area (Å²) in [6.07, 6.45) is 12.2. The van der Waals surface area contributed by atoms with Crippen LogP contribution < -0.4 is 0 Å². The van der Waals surface area contributed by atoms with Crippen LogP contribution in [0.25, 0.3) is 0 Å². The van der Waals surface area contributed by atoms with Crippen LogP contribution in [0.2, 0.25) is 0 Å². The van der Waals surface area contributed by atoms with Gasteiger partial charge in [0.05, 0.1) is 11.6 Å². The fourth-order valence-corrected chi connectivity index (χ4v) is 5.27. The summed E-state index contributed by atoms with van der Waals surface area (Å²) >= 11 is 0. The number of rotatable bonds is 8. The van der Waals surface area contributed by atoms with Gasteiger partial charge in [-0.15, -0.1) is 0 Å². The lowest BCUT2D eigenvalue weighted by Crippen LogP contribution is -2.34. The van der Waals surface area contributed by atoms with Crippen molar-refractivity contribution in [1.82, 2.24) is 0 Å². The molecule has 0 spiro atoms. The maximum atomic E-state index is 10.3. The molecule has 2 fully saturated rings. The van der Waals surface area contributed by atoms with E-state index in [0.29, 0.717) is 5.92 Å². The van der Waals surface area contributed by atoms with Gasteiger partial charge in [0.1, 0.15) is 11.5 Å². The SMILES string of the molecule is CCCc1ccc(O)c(C=NC2CC3CCC2(N=Cc2cc(CCC)ccc2O)C3)c1. The van der Waals surface area contributed by atoms with Crippen LogP contribution in [0.3, 0.4) is 0 Å². The Kier molecular flexibility index (Phi) is 6.45. The molecule has 0 aromatic heterocycles. The van der Waals surface area contributed by atoms with Crippen LogP contribution in [0.4, 0.5) is 0 Å². The van der Waals surface area contributed by atoms with Gasteiger partial charge in [0, 0.05) is 23.6 Å². The van der Waals surface area contributed by atoms with Crippen molar-refractivity contribution in [2.75, 3.05) is 0 Å². The highest BCUT2D eigenvalue weighted by Gasteiger charge is 2.51. The predicted molar refractivity (Wildman–Crippen MR) is 128 cm³/mol. The van der Waals surface area contributed by atoms with E-state index in [2.05, 4.69) is 19.9 Å². The van der Waals surface area contributed by atoms with Crippen molar-refractivity contribution in [3.8, 4) is 11.5 Å². The van der Waals surface area contributed by atoms with E-state index >= 15 is 0 Å². The van der Waals surface area contributed by atoms with E-state index in [0.717, 1.165) is 56.1 Å². The molecule has 2 aliphatic carbocycles. The van der Waals surface area contributed by atoms with Crippen molar-refractivity contribution < 1.29 is 10.2 Å². The minimum Gasteiger partial charge on any atom is -0.507 e. The number of phenols is 2. The molecule has 4 heteroatoms. The molecule has 164 valence electrons. The molecular formula is C27H34N2O2. The quantitative estimate of drug-likeness (QED) is 0.528. The van der Waals surface area contributed by atoms with Gasteiger partial charge < -0.3 is 10.2 Å². The second kappa shape index (κ2) is 9.25. The van der Waals surface area contributed by atoms with Gasteiger partial charge in [0.2, 0.25) is 0 Å². The summed E-state index contributed by atoms with van der Waals surface area (Å²) in [5, 5.41) is 20.6. The van der Waals surface area contributed by atoms with Crippen molar-refractivity contribution >= 4 is 12.4 Å². The average Bonchev–Trinajstić information content (AvgIpc) is 3.33. The normalized spacial score (nSPS) is 25.2. The summed E-state index contributed by atoms with van der Waals surface area (Å²) in [6, 6.07) is 11.7. The highest BCUT2D eigenvalue weighted by Crippen LogP contribution is 2.51. The summed E-state index contributed by atoms with van der Waals surface area (Å²) in [6.45, 7) is 4.32. The van der Waals surface area contributed by atoms with Crippen LogP contribution in [0.5, 0.6) is 11.5 Å².